The summed E-state index contributed by atoms with van der Waals surface area (Å²) in [4.78, 5) is 22.1. The zero-order chi connectivity index (χ0) is 38.9. The van der Waals surface area contributed by atoms with Crippen molar-refractivity contribution in [3.8, 4) is 0 Å². The van der Waals surface area contributed by atoms with Crippen molar-refractivity contribution in [2.24, 2.45) is 105 Å². The Morgan fingerprint density at radius 3 is 1.28 bits per heavy atom. The van der Waals surface area contributed by atoms with Crippen LogP contribution in [0.3, 0.4) is 0 Å². The number of carbonyl (C=O) groups excluding carboxylic acids is 2. The van der Waals surface area contributed by atoms with Crippen molar-refractivity contribution in [3.05, 3.63) is 7.43 Å². The van der Waals surface area contributed by atoms with E-state index in [1.165, 1.54) is 109 Å². The Kier molecular flexibility index (Phi) is 17.3. The standard InChI is InChI=1S/C51H82O4.CH3.2Y/c1-32(10-8-26-52)38-14-16-40-46-42(20-24-50(38,40)5)48(3)22-18-34(28-36(48)30-44(46)54)12-7-13-35-19-23-49(4)37(29-35)31-45(55)47-41-17-15-39(33(2)11-9-27-53)51(41,6)25-21-43(47)49;;;/h32-47,54-55H,7-25,28-31H2,1-6H3;1H3;;/q-2;-1;;/t32-,33-,34-,35-,36?,37?,38-,39-,40+,41+,42+,43+,44+,45+,46?,47?,48+,49+,50-,51-;;;/m1.../s1. The van der Waals surface area contributed by atoms with Crippen LogP contribution in [0.1, 0.15) is 189 Å². The second-order valence-electron chi connectivity index (χ2n) is 23.6. The summed E-state index contributed by atoms with van der Waals surface area (Å²) >= 11 is 0. The predicted molar refractivity (Wildman–Crippen MR) is 229 cm³/mol. The molecule has 4 nitrogen and oxygen atoms in total. The topological polar surface area (TPSA) is 74.6 Å². The molecule has 6 heteroatoms. The molecule has 8 rings (SSSR count). The molecule has 8 saturated carbocycles. The number of fused-ring (bicyclic) bond motifs is 10. The van der Waals surface area contributed by atoms with Crippen LogP contribution in [0.15, 0.2) is 0 Å². The van der Waals surface area contributed by atoms with E-state index in [0.29, 0.717) is 106 Å². The van der Waals surface area contributed by atoms with E-state index in [-0.39, 0.29) is 85.1 Å². The van der Waals surface area contributed by atoms with Gasteiger partial charge in [-0.15, -0.1) is 0 Å². The number of rotatable bonds is 12. The fourth-order valence-corrected chi connectivity index (χ4v) is 18.8. The predicted octanol–water partition coefficient (Wildman–Crippen LogP) is 12.1. The fourth-order valence-electron chi connectivity index (χ4n) is 18.8. The first kappa shape index (κ1) is 50.5. The Balaban J connectivity index is 0.00000214. The molecule has 2 radical (unpaired) electrons. The summed E-state index contributed by atoms with van der Waals surface area (Å²) in [6.07, 6.45) is 31.9. The SMILES string of the molecule is C[C@H](CC[C-]=O)[C@H]1CC[C@H]2C3[C@@H](O)CC4C[C@H](CCC[C@@H]5CC[C@@]6(C)C(C5)C[C@H](O)C5[C@@H]7CC[C@H]([C@H](C)CC[C-]=O)[C@@]7(C)CC[C@@H]56)CC[C@]4(C)[C@H]3CC[C@]12C.[CH3-].[Y].[Y]. The van der Waals surface area contributed by atoms with Crippen LogP contribution in [0.2, 0.25) is 0 Å². The molecule has 0 bridgehead atoms. The van der Waals surface area contributed by atoms with Crippen LogP contribution in [0.5, 0.6) is 0 Å². The molecule has 4 unspecified atom stereocenters. The van der Waals surface area contributed by atoms with E-state index >= 15 is 0 Å². The molecular weight excluding hydrogens is 866 g/mol. The number of hydrogen-bond acceptors (Lipinski definition) is 4. The smallest absolute Gasteiger partial charge is 0.0577 e. The monoisotopic (exact) mass is 951 g/mol. The molecule has 8 aliphatic rings. The number of aliphatic hydroxyl groups excluding tert-OH is 2. The van der Waals surface area contributed by atoms with Crippen LogP contribution in [0, 0.1) is 112 Å². The molecule has 8 aliphatic carbocycles. The Morgan fingerprint density at radius 1 is 0.534 bits per heavy atom. The first-order valence-corrected chi connectivity index (χ1v) is 24.3. The zero-order valence-electron chi connectivity index (χ0n) is 38.4. The van der Waals surface area contributed by atoms with E-state index in [1.54, 1.807) is 0 Å². The molecule has 0 aromatic carbocycles. The summed E-state index contributed by atoms with van der Waals surface area (Å²) in [6.45, 7) is 15.2. The van der Waals surface area contributed by atoms with E-state index in [2.05, 4.69) is 54.1 Å². The van der Waals surface area contributed by atoms with Gasteiger partial charge in [-0.05, 0) is 207 Å². The average Bonchev–Trinajstić information content (AvgIpc) is 3.70. The van der Waals surface area contributed by atoms with Gasteiger partial charge in [0.15, 0.2) is 0 Å². The van der Waals surface area contributed by atoms with E-state index in [9.17, 15) is 19.8 Å². The zero-order valence-corrected chi connectivity index (χ0v) is 44.0. The minimum atomic E-state index is -0.130. The molecule has 0 heterocycles. The summed E-state index contributed by atoms with van der Waals surface area (Å²) in [6, 6.07) is 0. The van der Waals surface area contributed by atoms with E-state index < -0.39 is 0 Å². The maximum atomic E-state index is 12.0. The molecule has 0 aliphatic heterocycles. The fraction of sp³-hybridized carbons (Fsp3) is 0.942. The Labute approximate surface area is 407 Å². The van der Waals surface area contributed by atoms with Crippen molar-refractivity contribution in [1.29, 1.82) is 0 Å². The second-order valence-corrected chi connectivity index (χ2v) is 23.6. The normalized spacial score (nSPS) is 50.0. The van der Waals surface area contributed by atoms with Gasteiger partial charge in [-0.1, -0.05) is 73.6 Å². The van der Waals surface area contributed by atoms with Gasteiger partial charge >= 0.3 is 0 Å². The average molecular weight is 952 g/mol. The van der Waals surface area contributed by atoms with E-state index in [1.807, 2.05) is 0 Å². The Morgan fingerprint density at radius 2 is 0.897 bits per heavy atom. The molecule has 0 saturated heterocycles. The van der Waals surface area contributed by atoms with Gasteiger partial charge in [-0.25, -0.2) is 0 Å². The number of hydrogen-bond donors (Lipinski definition) is 2. The Bertz CT molecular complexity index is 1270. The molecule has 58 heavy (non-hydrogen) atoms. The summed E-state index contributed by atoms with van der Waals surface area (Å²) < 4.78 is 0. The van der Waals surface area contributed by atoms with Gasteiger partial charge in [-0.3, -0.25) is 12.6 Å². The van der Waals surface area contributed by atoms with Gasteiger partial charge in [-0.2, -0.15) is 12.8 Å². The molecule has 2 N–H and O–H groups in total. The van der Waals surface area contributed by atoms with Crippen LogP contribution >= 0.6 is 0 Å². The summed E-state index contributed by atoms with van der Waals surface area (Å²) in [5.74, 6) is 9.20. The molecule has 20 atom stereocenters. The summed E-state index contributed by atoms with van der Waals surface area (Å²) in [7, 11) is 0. The van der Waals surface area contributed by atoms with Crippen molar-refractivity contribution in [1.82, 2.24) is 0 Å². The van der Waals surface area contributed by atoms with Crippen molar-refractivity contribution >= 4 is 12.6 Å². The molecule has 0 aromatic rings. The minimum absolute atomic E-state index is 0. The number of aliphatic hydroxyl groups is 2. The van der Waals surface area contributed by atoms with Crippen LogP contribution in [0.25, 0.3) is 0 Å². The molecular formula is C52H85O4Y2-3. The molecule has 0 amide bonds. The summed E-state index contributed by atoms with van der Waals surface area (Å²) in [5, 5.41) is 23.9. The summed E-state index contributed by atoms with van der Waals surface area (Å²) in [5.41, 5.74) is 1.45. The van der Waals surface area contributed by atoms with Crippen LogP contribution < -0.4 is 0 Å². The van der Waals surface area contributed by atoms with Gasteiger partial charge in [0.2, 0.25) is 0 Å². The van der Waals surface area contributed by atoms with Gasteiger partial charge < -0.3 is 27.2 Å². The molecule has 8 fully saturated rings. The van der Waals surface area contributed by atoms with Crippen LogP contribution in [0.4, 0.5) is 0 Å². The molecule has 0 aromatic heterocycles. The van der Waals surface area contributed by atoms with Crippen molar-refractivity contribution in [2.45, 2.75) is 201 Å². The van der Waals surface area contributed by atoms with Crippen LogP contribution in [-0.4, -0.2) is 35.0 Å². The Hall–Kier alpha value is 1.47. The quantitative estimate of drug-likeness (QED) is 0.191. The first-order valence-electron chi connectivity index (χ1n) is 24.3. The van der Waals surface area contributed by atoms with E-state index in [0.717, 1.165) is 37.5 Å². The second kappa shape index (κ2) is 19.9. The van der Waals surface area contributed by atoms with Crippen molar-refractivity contribution in [2.75, 3.05) is 0 Å². The maximum Gasteiger partial charge on any atom is 0.0577 e. The largest absolute Gasteiger partial charge is 0.542 e. The van der Waals surface area contributed by atoms with E-state index in [4.69, 9.17) is 0 Å². The van der Waals surface area contributed by atoms with Crippen molar-refractivity contribution in [3.63, 3.8) is 0 Å². The molecule has 0 spiro atoms. The third-order valence-corrected chi connectivity index (χ3v) is 21.7. The third kappa shape index (κ3) is 8.66. The maximum absolute atomic E-state index is 12.0. The molecule has 326 valence electrons. The van der Waals surface area contributed by atoms with Crippen LogP contribution in [-0.2, 0) is 75.0 Å². The minimum Gasteiger partial charge on any atom is -0.542 e. The van der Waals surface area contributed by atoms with Gasteiger partial charge in [0.1, 0.15) is 0 Å². The third-order valence-electron chi connectivity index (χ3n) is 21.7. The van der Waals surface area contributed by atoms with Crippen molar-refractivity contribution < 1.29 is 85.2 Å². The van der Waals surface area contributed by atoms with Gasteiger partial charge in [0.05, 0.1) is 12.2 Å². The van der Waals surface area contributed by atoms with Gasteiger partial charge in [0.25, 0.3) is 0 Å². The van der Waals surface area contributed by atoms with Gasteiger partial charge in [0, 0.05) is 65.4 Å². The first-order chi connectivity index (χ1) is 26.3.